The molecule has 1 aromatic carbocycles. The lowest BCUT2D eigenvalue weighted by atomic mass is 10.0. The van der Waals surface area contributed by atoms with Crippen molar-refractivity contribution in [2.75, 3.05) is 13.7 Å². The van der Waals surface area contributed by atoms with Gasteiger partial charge in [-0.15, -0.1) is 0 Å². The van der Waals surface area contributed by atoms with Gasteiger partial charge in [-0.3, -0.25) is 4.79 Å². The Kier molecular flexibility index (Phi) is 4.00. The predicted molar refractivity (Wildman–Crippen MR) is 70.6 cm³/mol. The zero-order valence-electron chi connectivity index (χ0n) is 11.1. The average molecular weight is 260 g/mol. The van der Waals surface area contributed by atoms with E-state index in [1.807, 2.05) is 12.1 Å². The highest BCUT2D eigenvalue weighted by Crippen LogP contribution is 2.36. The van der Waals surface area contributed by atoms with Crippen LogP contribution in [-0.2, 0) is 14.3 Å². The lowest BCUT2D eigenvalue weighted by Crippen LogP contribution is -2.04. The molecule has 0 spiro atoms. The Morgan fingerprint density at radius 1 is 1.11 bits per heavy atom. The minimum atomic E-state index is -0.354. The number of allylic oxidation sites excluding steroid dienone is 1. The van der Waals surface area contributed by atoms with E-state index < -0.39 is 0 Å². The second-order valence-electron chi connectivity index (χ2n) is 4.43. The summed E-state index contributed by atoms with van der Waals surface area (Å²) in [4.78, 5) is 22.3. The summed E-state index contributed by atoms with van der Waals surface area (Å²) in [5.41, 5.74) is 3.86. The first-order chi connectivity index (χ1) is 9.11. The first kappa shape index (κ1) is 13.3. The first-order valence-corrected chi connectivity index (χ1v) is 6.15. The number of hydrogen-bond acceptors (Lipinski definition) is 4. The maximum Gasteiger partial charge on any atom is 0.337 e. The second kappa shape index (κ2) is 5.69. The van der Waals surface area contributed by atoms with Crippen LogP contribution in [0.5, 0.6) is 0 Å². The number of carbonyl (C=O) groups is 2. The number of carbonyl (C=O) groups excluding carboxylic acids is 2. The molecule has 100 valence electrons. The monoisotopic (exact) mass is 260 g/mol. The molecule has 0 saturated heterocycles. The molecule has 4 heteroatoms. The van der Waals surface area contributed by atoms with Crippen molar-refractivity contribution in [1.82, 2.24) is 0 Å². The summed E-state index contributed by atoms with van der Waals surface area (Å²) in [5.74, 6) is -0.642. The fraction of sp³-hybridized carbons (Fsp3) is 0.333. The fourth-order valence-corrected chi connectivity index (χ4v) is 1.85. The van der Waals surface area contributed by atoms with Gasteiger partial charge in [0.25, 0.3) is 0 Å². The summed E-state index contributed by atoms with van der Waals surface area (Å²) in [6.07, 6.45) is 2.10. The van der Waals surface area contributed by atoms with Crippen molar-refractivity contribution in [1.29, 1.82) is 0 Å². The van der Waals surface area contributed by atoms with Gasteiger partial charge >= 0.3 is 11.9 Å². The van der Waals surface area contributed by atoms with Crippen molar-refractivity contribution in [3.8, 4) is 0 Å². The number of benzene rings is 1. The minimum absolute atomic E-state index is 0.287. The summed E-state index contributed by atoms with van der Waals surface area (Å²) in [5, 5.41) is 0. The number of rotatable bonds is 4. The van der Waals surface area contributed by atoms with Crippen LogP contribution in [0.1, 0.15) is 35.7 Å². The largest absolute Gasteiger partial charge is 0.465 e. The van der Waals surface area contributed by atoms with Gasteiger partial charge in [-0.05, 0) is 36.1 Å². The van der Waals surface area contributed by atoms with Crippen LogP contribution in [0.15, 0.2) is 29.8 Å². The summed E-state index contributed by atoms with van der Waals surface area (Å²) < 4.78 is 9.73. The van der Waals surface area contributed by atoms with Crippen LogP contribution >= 0.6 is 0 Å². The lowest BCUT2D eigenvalue weighted by molar-refractivity contribution is -0.139. The molecule has 0 aromatic heterocycles. The van der Waals surface area contributed by atoms with Gasteiger partial charge in [0.1, 0.15) is 6.61 Å². The molecule has 1 fully saturated rings. The highest BCUT2D eigenvalue weighted by molar-refractivity contribution is 5.90. The zero-order valence-corrected chi connectivity index (χ0v) is 11.1. The Hall–Kier alpha value is -2.10. The average Bonchev–Trinajstić information content (AvgIpc) is 3.23. The Morgan fingerprint density at radius 2 is 1.68 bits per heavy atom. The molecule has 1 saturated carbocycles. The molecular formula is C15H16O4. The maximum absolute atomic E-state index is 11.4. The maximum atomic E-state index is 11.4. The van der Waals surface area contributed by atoms with E-state index in [4.69, 9.17) is 4.74 Å². The third-order valence-corrected chi connectivity index (χ3v) is 3.00. The van der Waals surface area contributed by atoms with Gasteiger partial charge in [0.05, 0.1) is 12.7 Å². The van der Waals surface area contributed by atoms with Crippen LogP contribution in [0.4, 0.5) is 0 Å². The topological polar surface area (TPSA) is 52.6 Å². The standard InChI is InChI=1S/C15H16O4/c1-10(16)19-9-14(11-3-4-11)12-5-7-13(8-6-12)15(17)18-2/h5-8H,3-4,9H2,1-2H3. The van der Waals surface area contributed by atoms with E-state index in [-0.39, 0.29) is 11.9 Å². The fourth-order valence-electron chi connectivity index (χ4n) is 1.85. The van der Waals surface area contributed by atoms with Gasteiger partial charge in [0, 0.05) is 6.92 Å². The van der Waals surface area contributed by atoms with Crippen LogP contribution in [0, 0.1) is 0 Å². The van der Waals surface area contributed by atoms with E-state index in [0.717, 1.165) is 24.0 Å². The summed E-state index contributed by atoms with van der Waals surface area (Å²) in [7, 11) is 1.36. The molecule has 19 heavy (non-hydrogen) atoms. The van der Waals surface area contributed by atoms with E-state index in [9.17, 15) is 9.59 Å². The third-order valence-electron chi connectivity index (χ3n) is 3.00. The number of ether oxygens (including phenoxy) is 2. The Morgan fingerprint density at radius 3 is 2.16 bits per heavy atom. The van der Waals surface area contributed by atoms with E-state index in [1.54, 1.807) is 12.1 Å². The molecule has 2 rings (SSSR count). The molecule has 0 bridgehead atoms. The van der Waals surface area contributed by atoms with Gasteiger partial charge in [-0.2, -0.15) is 0 Å². The quantitative estimate of drug-likeness (QED) is 0.781. The smallest absolute Gasteiger partial charge is 0.337 e. The van der Waals surface area contributed by atoms with E-state index in [1.165, 1.54) is 19.6 Å². The van der Waals surface area contributed by atoms with E-state index >= 15 is 0 Å². The minimum Gasteiger partial charge on any atom is -0.465 e. The summed E-state index contributed by atoms with van der Waals surface area (Å²) in [6.45, 7) is 1.69. The molecular weight excluding hydrogens is 244 g/mol. The Labute approximate surface area is 112 Å². The molecule has 4 nitrogen and oxygen atoms in total. The van der Waals surface area contributed by atoms with Crippen LogP contribution in [-0.4, -0.2) is 25.7 Å². The van der Waals surface area contributed by atoms with Gasteiger partial charge in [-0.25, -0.2) is 4.79 Å². The van der Waals surface area contributed by atoms with Crippen molar-refractivity contribution >= 4 is 17.5 Å². The number of hydrogen-bond donors (Lipinski definition) is 0. The van der Waals surface area contributed by atoms with Crippen LogP contribution in [0.3, 0.4) is 0 Å². The number of esters is 2. The van der Waals surface area contributed by atoms with Crippen molar-refractivity contribution in [3.05, 3.63) is 41.0 Å². The number of methoxy groups -OCH3 is 1. The van der Waals surface area contributed by atoms with Gasteiger partial charge < -0.3 is 9.47 Å². The molecule has 0 aliphatic heterocycles. The normalized spacial score (nSPS) is 12.8. The Bertz CT molecular complexity index is 520. The van der Waals surface area contributed by atoms with Crippen molar-refractivity contribution in [3.63, 3.8) is 0 Å². The third kappa shape index (κ3) is 3.44. The van der Waals surface area contributed by atoms with Crippen molar-refractivity contribution in [2.45, 2.75) is 19.8 Å². The molecule has 0 N–H and O–H groups in total. The van der Waals surface area contributed by atoms with Gasteiger partial charge in [0.15, 0.2) is 0 Å². The molecule has 0 atom stereocenters. The molecule has 0 radical (unpaired) electrons. The second-order valence-corrected chi connectivity index (χ2v) is 4.43. The molecule has 1 aliphatic rings. The molecule has 0 amide bonds. The van der Waals surface area contributed by atoms with Crippen LogP contribution in [0.25, 0.3) is 5.57 Å². The zero-order chi connectivity index (χ0) is 13.8. The predicted octanol–water partition coefficient (Wildman–Crippen LogP) is 2.58. The van der Waals surface area contributed by atoms with Crippen LogP contribution < -0.4 is 0 Å². The molecule has 0 unspecified atom stereocenters. The molecule has 1 aliphatic carbocycles. The van der Waals surface area contributed by atoms with E-state index in [2.05, 4.69) is 4.74 Å². The first-order valence-electron chi connectivity index (χ1n) is 6.15. The highest BCUT2D eigenvalue weighted by atomic mass is 16.5. The summed E-state index contributed by atoms with van der Waals surface area (Å²) in [6, 6.07) is 7.16. The highest BCUT2D eigenvalue weighted by Gasteiger charge is 2.20. The van der Waals surface area contributed by atoms with Crippen molar-refractivity contribution < 1.29 is 19.1 Å². The van der Waals surface area contributed by atoms with Crippen molar-refractivity contribution in [2.24, 2.45) is 0 Å². The molecule has 1 aromatic rings. The molecule has 0 heterocycles. The summed E-state index contributed by atoms with van der Waals surface area (Å²) >= 11 is 0. The lowest BCUT2D eigenvalue weighted by Gasteiger charge is -2.08. The van der Waals surface area contributed by atoms with Gasteiger partial charge in [-0.1, -0.05) is 17.7 Å². The Balaban J connectivity index is 2.17. The van der Waals surface area contributed by atoms with Gasteiger partial charge in [0.2, 0.25) is 0 Å². The van der Waals surface area contributed by atoms with Crippen LogP contribution in [0.2, 0.25) is 0 Å². The van der Waals surface area contributed by atoms with E-state index in [0.29, 0.717) is 12.2 Å². The SMILES string of the molecule is COC(=O)c1ccc(C(COC(C)=O)=C2CC2)cc1.